The third-order valence-corrected chi connectivity index (χ3v) is 4.31. The zero-order valence-corrected chi connectivity index (χ0v) is 17.9. The lowest BCUT2D eigenvalue weighted by Crippen LogP contribution is -2.60. The molecule has 182 valence electrons. The first-order valence-corrected chi connectivity index (χ1v) is 9.68. The van der Waals surface area contributed by atoms with E-state index in [4.69, 9.17) is 15.9 Å². The predicted octanol–water partition coefficient (Wildman–Crippen LogP) is -2.77. The molecule has 0 aliphatic carbocycles. The largest absolute Gasteiger partial charge is 0.481 e. The average molecular weight is 462 g/mol. The summed E-state index contributed by atoms with van der Waals surface area (Å²) < 4.78 is 0. The number of rotatable bonds is 14. The van der Waals surface area contributed by atoms with Crippen molar-refractivity contribution in [2.24, 2.45) is 11.7 Å². The fourth-order valence-electron chi connectivity index (χ4n) is 2.49. The molecule has 5 unspecified atom stereocenters. The fraction of sp³-hybridized carbons (Fsp3) is 0.667. The van der Waals surface area contributed by atoms with Crippen LogP contribution in [0.15, 0.2) is 0 Å². The van der Waals surface area contributed by atoms with E-state index in [1.54, 1.807) is 0 Å². The van der Waals surface area contributed by atoms with Crippen LogP contribution in [0.2, 0.25) is 0 Å². The number of carbonyl (C=O) groups is 6. The van der Waals surface area contributed by atoms with Crippen molar-refractivity contribution in [2.75, 3.05) is 0 Å². The van der Waals surface area contributed by atoms with Crippen LogP contribution < -0.4 is 21.7 Å². The molecule has 9 N–H and O–H groups in total. The van der Waals surface area contributed by atoms with Crippen LogP contribution in [0.3, 0.4) is 0 Å². The number of aliphatic carboxylic acids is 3. The van der Waals surface area contributed by atoms with Crippen molar-refractivity contribution in [1.82, 2.24) is 16.0 Å². The van der Waals surface area contributed by atoms with Crippen LogP contribution in [0, 0.1) is 5.92 Å². The number of aliphatic hydroxyl groups is 1. The van der Waals surface area contributed by atoms with E-state index in [-0.39, 0.29) is 6.42 Å². The van der Waals surface area contributed by atoms with E-state index in [0.29, 0.717) is 0 Å². The first-order valence-electron chi connectivity index (χ1n) is 9.68. The molecule has 0 aliphatic rings. The number of carbonyl (C=O) groups excluding carboxylic acids is 3. The number of nitrogens with two attached hydrogens (primary N) is 1. The Morgan fingerprint density at radius 2 is 1.31 bits per heavy atom. The maximum atomic E-state index is 12.5. The first kappa shape index (κ1) is 28.7. The Morgan fingerprint density at radius 1 is 0.781 bits per heavy atom. The lowest BCUT2D eigenvalue weighted by atomic mass is 10.0. The van der Waals surface area contributed by atoms with Crippen molar-refractivity contribution < 1.29 is 49.2 Å². The van der Waals surface area contributed by atoms with Gasteiger partial charge in [0.25, 0.3) is 0 Å². The van der Waals surface area contributed by atoms with Gasteiger partial charge in [-0.2, -0.15) is 0 Å². The predicted molar refractivity (Wildman–Crippen MR) is 107 cm³/mol. The number of carboxylic acid groups (broad SMARTS) is 3. The number of hydrogen-bond acceptors (Lipinski definition) is 8. The lowest BCUT2D eigenvalue weighted by molar-refractivity contribution is -0.145. The summed E-state index contributed by atoms with van der Waals surface area (Å²) in [4.78, 5) is 70.0. The fourth-order valence-corrected chi connectivity index (χ4v) is 2.49. The molecule has 14 heteroatoms. The second-order valence-corrected chi connectivity index (χ2v) is 7.49. The van der Waals surface area contributed by atoms with Gasteiger partial charge in [0, 0.05) is 6.42 Å². The van der Waals surface area contributed by atoms with Crippen molar-refractivity contribution in [3.8, 4) is 0 Å². The zero-order chi connectivity index (χ0) is 25.2. The Bertz CT molecular complexity index is 725. The number of hydrogen-bond donors (Lipinski definition) is 8. The minimum atomic E-state index is -1.70. The molecule has 5 atom stereocenters. The Morgan fingerprint density at radius 3 is 1.72 bits per heavy atom. The third-order valence-electron chi connectivity index (χ3n) is 4.31. The number of amides is 3. The highest BCUT2D eigenvalue weighted by atomic mass is 16.4. The Hall–Kier alpha value is -3.26. The van der Waals surface area contributed by atoms with Crippen molar-refractivity contribution in [3.63, 3.8) is 0 Å². The minimum Gasteiger partial charge on any atom is -0.481 e. The van der Waals surface area contributed by atoms with Crippen LogP contribution in [-0.4, -0.2) is 86.3 Å². The van der Waals surface area contributed by atoms with Crippen LogP contribution in [0.4, 0.5) is 0 Å². The standard InChI is InChI=1S/C18H30N4O10/c1-7(2)13(18(31)32)21-17(30)14(8(3)23)22-16(29)10(6-12(26)27)20-15(28)9(19)4-5-11(24)25/h7-10,13-14,23H,4-6,19H2,1-3H3,(H,20,28)(H,21,30)(H,22,29)(H,24,25)(H,26,27)(H,31,32). The van der Waals surface area contributed by atoms with Crippen LogP contribution >= 0.6 is 0 Å². The maximum absolute atomic E-state index is 12.5. The van der Waals surface area contributed by atoms with Gasteiger partial charge in [0.1, 0.15) is 18.1 Å². The van der Waals surface area contributed by atoms with Crippen LogP contribution in [0.1, 0.15) is 40.0 Å². The van der Waals surface area contributed by atoms with Gasteiger partial charge in [-0.15, -0.1) is 0 Å². The molecule has 32 heavy (non-hydrogen) atoms. The molecular formula is C18H30N4O10. The van der Waals surface area contributed by atoms with Gasteiger partial charge in [-0.1, -0.05) is 13.8 Å². The zero-order valence-electron chi connectivity index (χ0n) is 17.9. The molecule has 3 amide bonds. The van der Waals surface area contributed by atoms with Gasteiger partial charge in [-0.05, 0) is 19.3 Å². The average Bonchev–Trinajstić information content (AvgIpc) is 2.65. The Labute approximate surface area is 183 Å². The number of aliphatic hydroxyl groups excluding tert-OH is 1. The smallest absolute Gasteiger partial charge is 0.326 e. The molecule has 0 spiro atoms. The summed E-state index contributed by atoms with van der Waals surface area (Å²) in [6, 6.07) is -6.02. The molecule has 0 saturated heterocycles. The van der Waals surface area contributed by atoms with Crippen molar-refractivity contribution in [1.29, 1.82) is 0 Å². The van der Waals surface area contributed by atoms with E-state index in [1.165, 1.54) is 13.8 Å². The number of carboxylic acids is 3. The van der Waals surface area contributed by atoms with Gasteiger partial charge >= 0.3 is 17.9 Å². The molecule has 0 aromatic rings. The van der Waals surface area contributed by atoms with Crippen molar-refractivity contribution in [3.05, 3.63) is 0 Å². The maximum Gasteiger partial charge on any atom is 0.326 e. The lowest BCUT2D eigenvalue weighted by Gasteiger charge is -2.26. The summed E-state index contributed by atoms with van der Waals surface area (Å²) in [5.41, 5.74) is 5.54. The quantitative estimate of drug-likeness (QED) is 0.131. The van der Waals surface area contributed by atoms with E-state index in [0.717, 1.165) is 6.92 Å². The van der Waals surface area contributed by atoms with Gasteiger partial charge in [-0.3, -0.25) is 24.0 Å². The molecular weight excluding hydrogens is 432 g/mol. The van der Waals surface area contributed by atoms with Gasteiger partial charge in [0.2, 0.25) is 17.7 Å². The van der Waals surface area contributed by atoms with Crippen molar-refractivity contribution >= 4 is 35.6 Å². The minimum absolute atomic E-state index is 0.271. The molecule has 14 nitrogen and oxygen atoms in total. The van der Waals surface area contributed by atoms with E-state index in [1.807, 2.05) is 0 Å². The molecule has 0 aromatic carbocycles. The molecule has 0 radical (unpaired) electrons. The topological polar surface area (TPSA) is 245 Å². The van der Waals surface area contributed by atoms with Gasteiger partial charge in [-0.25, -0.2) is 4.79 Å². The van der Waals surface area contributed by atoms with Gasteiger partial charge in [0.15, 0.2) is 0 Å². The Balaban J connectivity index is 5.41. The molecule has 0 aliphatic heterocycles. The summed E-state index contributed by atoms with van der Waals surface area (Å²) >= 11 is 0. The van der Waals surface area contributed by atoms with E-state index in [2.05, 4.69) is 16.0 Å². The van der Waals surface area contributed by atoms with E-state index >= 15 is 0 Å². The van der Waals surface area contributed by atoms with Gasteiger partial charge in [0.05, 0.1) is 18.6 Å². The van der Waals surface area contributed by atoms with Gasteiger partial charge < -0.3 is 42.1 Å². The van der Waals surface area contributed by atoms with Crippen LogP contribution in [0.25, 0.3) is 0 Å². The second-order valence-electron chi connectivity index (χ2n) is 7.49. The summed E-state index contributed by atoms with van der Waals surface area (Å²) in [6.07, 6.45) is -3.11. The monoisotopic (exact) mass is 462 g/mol. The normalized spacial score (nSPS) is 15.6. The highest BCUT2D eigenvalue weighted by Crippen LogP contribution is 2.05. The van der Waals surface area contributed by atoms with E-state index < -0.39 is 84.7 Å². The second kappa shape index (κ2) is 13.2. The molecule has 0 rings (SSSR count). The third kappa shape index (κ3) is 10.2. The highest BCUT2D eigenvalue weighted by Gasteiger charge is 2.34. The van der Waals surface area contributed by atoms with Crippen LogP contribution in [0.5, 0.6) is 0 Å². The van der Waals surface area contributed by atoms with Crippen LogP contribution in [-0.2, 0) is 28.8 Å². The molecule has 0 heterocycles. The summed E-state index contributed by atoms with van der Waals surface area (Å²) in [5.74, 6) is -7.72. The summed E-state index contributed by atoms with van der Waals surface area (Å²) in [6.45, 7) is 4.20. The molecule has 0 fully saturated rings. The Kier molecular flexibility index (Phi) is 11.9. The molecule has 0 saturated carbocycles. The molecule has 0 bridgehead atoms. The number of nitrogens with one attached hydrogen (secondary N) is 3. The first-order chi connectivity index (χ1) is 14.7. The summed E-state index contributed by atoms with van der Waals surface area (Å²) in [7, 11) is 0. The molecule has 0 aromatic heterocycles. The van der Waals surface area contributed by atoms with Crippen molar-refractivity contribution in [2.45, 2.75) is 70.3 Å². The highest BCUT2D eigenvalue weighted by molar-refractivity contribution is 5.95. The summed E-state index contributed by atoms with van der Waals surface area (Å²) in [5, 5.41) is 43.1. The SMILES string of the molecule is CC(C)C(NC(=O)C(NC(=O)C(CC(=O)O)NC(=O)C(N)CCC(=O)O)C(C)O)C(=O)O. The van der Waals surface area contributed by atoms with E-state index in [9.17, 15) is 39.0 Å².